The van der Waals surface area contributed by atoms with Crippen molar-refractivity contribution in [2.24, 2.45) is 0 Å². The van der Waals surface area contributed by atoms with Gasteiger partial charge >= 0.3 is 0 Å². The Kier molecular flexibility index (Phi) is 4.02. The van der Waals surface area contributed by atoms with Gasteiger partial charge in [-0.05, 0) is 20.3 Å². The van der Waals surface area contributed by atoms with Gasteiger partial charge in [0.15, 0.2) is 0 Å². The van der Waals surface area contributed by atoms with E-state index >= 15 is 0 Å². The summed E-state index contributed by atoms with van der Waals surface area (Å²) in [6, 6.07) is 0.440. The van der Waals surface area contributed by atoms with Crippen molar-refractivity contribution in [1.29, 1.82) is 0 Å². The average molecular weight is 282 g/mol. The summed E-state index contributed by atoms with van der Waals surface area (Å²) in [6.45, 7) is 7.34. The van der Waals surface area contributed by atoms with Crippen molar-refractivity contribution < 1.29 is 14.4 Å². The SMILES string of the molecule is CC(C)N1CCOC(c2noc(C3CC(O)CN3)n2)C1. The summed E-state index contributed by atoms with van der Waals surface area (Å²) in [7, 11) is 0. The molecule has 0 spiro atoms. The Morgan fingerprint density at radius 3 is 3.00 bits per heavy atom. The average Bonchev–Trinajstić information content (AvgIpc) is 3.07. The number of ether oxygens (including phenoxy) is 1. The van der Waals surface area contributed by atoms with Crippen molar-refractivity contribution in [3.8, 4) is 0 Å². The van der Waals surface area contributed by atoms with E-state index in [4.69, 9.17) is 9.26 Å². The predicted octanol–water partition coefficient (Wildman–Crippen LogP) is 0.247. The molecule has 2 N–H and O–H groups in total. The molecule has 0 aliphatic carbocycles. The van der Waals surface area contributed by atoms with Crippen LogP contribution >= 0.6 is 0 Å². The second-order valence-electron chi connectivity index (χ2n) is 5.79. The molecule has 3 atom stereocenters. The zero-order chi connectivity index (χ0) is 14.1. The summed E-state index contributed by atoms with van der Waals surface area (Å²) in [6.07, 6.45) is 0.151. The van der Waals surface area contributed by atoms with Gasteiger partial charge in [-0.3, -0.25) is 4.90 Å². The van der Waals surface area contributed by atoms with E-state index in [2.05, 4.69) is 34.2 Å². The molecule has 112 valence electrons. The smallest absolute Gasteiger partial charge is 0.243 e. The lowest BCUT2D eigenvalue weighted by molar-refractivity contribution is -0.0450. The maximum atomic E-state index is 9.53. The first kappa shape index (κ1) is 13.9. The molecule has 0 saturated carbocycles. The minimum Gasteiger partial charge on any atom is -0.392 e. The van der Waals surface area contributed by atoms with Crippen molar-refractivity contribution in [3.05, 3.63) is 11.7 Å². The molecule has 1 aromatic heterocycles. The van der Waals surface area contributed by atoms with Crippen molar-refractivity contribution in [3.63, 3.8) is 0 Å². The predicted molar refractivity (Wildman–Crippen MR) is 71.1 cm³/mol. The Hall–Kier alpha value is -1.02. The van der Waals surface area contributed by atoms with Crippen LogP contribution in [0.5, 0.6) is 0 Å². The first-order chi connectivity index (χ1) is 9.63. The number of hydrogen-bond donors (Lipinski definition) is 2. The molecule has 1 aromatic rings. The quantitative estimate of drug-likeness (QED) is 0.822. The van der Waals surface area contributed by atoms with Gasteiger partial charge in [0.1, 0.15) is 6.10 Å². The molecule has 3 heterocycles. The van der Waals surface area contributed by atoms with Gasteiger partial charge in [0.25, 0.3) is 0 Å². The number of morpholine rings is 1. The second kappa shape index (κ2) is 5.77. The Labute approximate surface area is 118 Å². The highest BCUT2D eigenvalue weighted by Crippen LogP contribution is 2.25. The van der Waals surface area contributed by atoms with Gasteiger partial charge in [-0.1, -0.05) is 5.16 Å². The van der Waals surface area contributed by atoms with Crippen molar-refractivity contribution in [2.45, 2.75) is 44.6 Å². The number of hydrogen-bond acceptors (Lipinski definition) is 7. The molecule has 2 aliphatic heterocycles. The van der Waals surface area contributed by atoms with E-state index in [1.165, 1.54) is 0 Å². The van der Waals surface area contributed by atoms with Crippen LogP contribution in [0.3, 0.4) is 0 Å². The van der Waals surface area contributed by atoms with Gasteiger partial charge in [-0.25, -0.2) is 0 Å². The van der Waals surface area contributed by atoms with Crippen molar-refractivity contribution in [2.75, 3.05) is 26.2 Å². The topological polar surface area (TPSA) is 83.7 Å². The van der Waals surface area contributed by atoms with E-state index in [1.54, 1.807) is 0 Å². The van der Waals surface area contributed by atoms with Gasteiger partial charge in [-0.15, -0.1) is 0 Å². The van der Waals surface area contributed by atoms with Gasteiger partial charge in [0, 0.05) is 25.7 Å². The largest absolute Gasteiger partial charge is 0.392 e. The van der Waals surface area contributed by atoms with Crippen molar-refractivity contribution >= 4 is 0 Å². The number of nitrogens with zero attached hydrogens (tertiary/aromatic N) is 3. The number of β-amino-alcohol motifs (C(OH)–C–C–N with tert-alkyl or cyclic N) is 1. The molecule has 20 heavy (non-hydrogen) atoms. The van der Waals surface area contributed by atoms with Gasteiger partial charge < -0.3 is 19.7 Å². The molecule has 0 aromatic carbocycles. The van der Waals surface area contributed by atoms with Gasteiger partial charge in [0.05, 0.1) is 18.8 Å². The summed E-state index contributed by atoms with van der Waals surface area (Å²) in [5.41, 5.74) is 0. The third-order valence-electron chi connectivity index (χ3n) is 3.98. The summed E-state index contributed by atoms with van der Waals surface area (Å²) >= 11 is 0. The number of aliphatic hydroxyl groups is 1. The van der Waals surface area contributed by atoms with Crippen LogP contribution in [0.25, 0.3) is 0 Å². The fraction of sp³-hybridized carbons (Fsp3) is 0.846. The molecule has 7 nitrogen and oxygen atoms in total. The van der Waals surface area contributed by atoms with Crippen molar-refractivity contribution in [1.82, 2.24) is 20.4 Å². The van der Waals surface area contributed by atoms with Crippen LogP contribution in [-0.4, -0.2) is 58.5 Å². The Morgan fingerprint density at radius 2 is 2.30 bits per heavy atom. The highest BCUT2D eigenvalue weighted by Gasteiger charge is 2.31. The Balaban J connectivity index is 1.67. The number of rotatable bonds is 3. The molecule has 0 bridgehead atoms. The molecule has 0 radical (unpaired) electrons. The molecular weight excluding hydrogens is 260 g/mol. The van der Waals surface area contributed by atoms with Crippen LogP contribution < -0.4 is 5.32 Å². The lowest BCUT2D eigenvalue weighted by atomic mass is 10.2. The molecule has 0 amide bonds. The molecule has 3 unspecified atom stereocenters. The van der Waals surface area contributed by atoms with Crippen LogP contribution in [0.4, 0.5) is 0 Å². The lowest BCUT2D eigenvalue weighted by Crippen LogP contribution is -2.42. The Morgan fingerprint density at radius 1 is 1.45 bits per heavy atom. The normalized spacial score (nSPS) is 32.1. The van der Waals surface area contributed by atoms with E-state index in [1.807, 2.05) is 0 Å². The summed E-state index contributed by atoms with van der Waals surface area (Å²) in [4.78, 5) is 6.79. The Bertz CT molecular complexity index is 451. The first-order valence-electron chi connectivity index (χ1n) is 7.24. The highest BCUT2D eigenvalue weighted by atomic mass is 16.5. The van der Waals surface area contributed by atoms with Crippen LogP contribution in [0.1, 0.15) is 44.1 Å². The third-order valence-corrected chi connectivity index (χ3v) is 3.98. The summed E-state index contributed by atoms with van der Waals surface area (Å²) in [5, 5.41) is 16.7. The molecule has 7 heteroatoms. The van der Waals surface area contributed by atoms with E-state index in [9.17, 15) is 5.11 Å². The number of nitrogens with one attached hydrogen (secondary N) is 1. The fourth-order valence-electron chi connectivity index (χ4n) is 2.72. The van der Waals surface area contributed by atoms with E-state index < -0.39 is 0 Å². The molecule has 2 saturated heterocycles. The first-order valence-corrected chi connectivity index (χ1v) is 7.24. The van der Waals surface area contributed by atoms with Gasteiger partial charge in [-0.2, -0.15) is 4.98 Å². The molecular formula is C13H22N4O3. The molecule has 2 fully saturated rings. The van der Waals surface area contributed by atoms with Crippen LogP contribution in [0, 0.1) is 0 Å². The molecule has 3 rings (SSSR count). The summed E-state index contributed by atoms with van der Waals surface area (Å²) < 4.78 is 11.1. The molecule has 2 aliphatic rings. The highest BCUT2D eigenvalue weighted by molar-refractivity contribution is 5.00. The van der Waals surface area contributed by atoms with E-state index in [0.717, 1.165) is 13.1 Å². The van der Waals surface area contributed by atoms with E-state index in [-0.39, 0.29) is 18.2 Å². The fourth-order valence-corrected chi connectivity index (χ4v) is 2.72. The monoisotopic (exact) mass is 282 g/mol. The maximum absolute atomic E-state index is 9.53. The zero-order valence-electron chi connectivity index (χ0n) is 12.0. The minimum absolute atomic E-state index is 0.0453. The lowest BCUT2D eigenvalue weighted by Gasteiger charge is -2.34. The summed E-state index contributed by atoms with van der Waals surface area (Å²) in [5.74, 6) is 1.15. The minimum atomic E-state index is -0.335. The zero-order valence-corrected chi connectivity index (χ0v) is 12.0. The standard InChI is InChI=1S/C13H22N4O3/c1-8(2)17-3-4-19-11(7-17)12-15-13(20-16-12)10-5-9(18)6-14-10/h8-11,14,18H,3-7H2,1-2H3. The van der Waals surface area contributed by atoms with Crippen LogP contribution in [0.2, 0.25) is 0 Å². The van der Waals surface area contributed by atoms with Crippen LogP contribution in [0.15, 0.2) is 4.52 Å². The second-order valence-corrected chi connectivity index (χ2v) is 5.79. The number of aliphatic hydroxyl groups excluding tert-OH is 1. The number of aromatic nitrogens is 2. The maximum Gasteiger partial charge on any atom is 0.243 e. The third kappa shape index (κ3) is 2.85. The van der Waals surface area contributed by atoms with Crippen LogP contribution in [-0.2, 0) is 4.74 Å². The van der Waals surface area contributed by atoms with E-state index in [0.29, 0.717) is 37.3 Å². The van der Waals surface area contributed by atoms with Gasteiger partial charge in [0.2, 0.25) is 11.7 Å².